The van der Waals surface area contributed by atoms with Gasteiger partial charge in [0.25, 0.3) is 0 Å². The summed E-state index contributed by atoms with van der Waals surface area (Å²) in [7, 11) is 0. The van der Waals surface area contributed by atoms with Gasteiger partial charge in [-0.15, -0.1) is 0 Å². The predicted octanol–water partition coefficient (Wildman–Crippen LogP) is 3.83. The minimum Gasteiger partial charge on any atom is -0.304 e. The van der Waals surface area contributed by atoms with E-state index in [-0.39, 0.29) is 11.5 Å². The highest BCUT2D eigenvalue weighted by atomic mass is 79.9. The molecule has 118 valence electrons. The van der Waals surface area contributed by atoms with Gasteiger partial charge >= 0.3 is 5.69 Å². The number of rotatable bonds is 2. The van der Waals surface area contributed by atoms with E-state index in [1.807, 2.05) is 18.2 Å². The molecule has 0 amide bonds. The normalized spacial score (nSPS) is 11.2. The number of hydrogen-bond acceptors (Lipinski definition) is 3. The van der Waals surface area contributed by atoms with Crippen LogP contribution in [0.3, 0.4) is 0 Å². The second-order valence-corrected chi connectivity index (χ2v) is 6.47. The van der Waals surface area contributed by atoms with Crippen molar-refractivity contribution in [2.45, 2.75) is 6.92 Å². The maximum atomic E-state index is 12.5. The van der Waals surface area contributed by atoms with E-state index in [9.17, 15) is 9.59 Å². The van der Waals surface area contributed by atoms with Crippen molar-refractivity contribution in [2.75, 3.05) is 0 Å². The Morgan fingerprint density at radius 3 is 2.62 bits per heavy atom. The number of imidazole rings is 1. The van der Waals surface area contributed by atoms with Crippen LogP contribution < -0.4 is 5.69 Å². The third kappa shape index (κ3) is 2.27. The fourth-order valence-corrected chi connectivity index (χ4v) is 3.21. The monoisotopic (exact) mass is 381 g/mol. The van der Waals surface area contributed by atoms with E-state index in [0.717, 1.165) is 20.9 Å². The van der Waals surface area contributed by atoms with E-state index in [0.29, 0.717) is 16.8 Å². The highest BCUT2D eigenvalue weighted by Gasteiger charge is 2.13. The second-order valence-electron chi connectivity index (χ2n) is 5.55. The van der Waals surface area contributed by atoms with Crippen molar-refractivity contribution in [2.24, 2.45) is 0 Å². The number of pyridine rings is 1. The average molecular weight is 382 g/mol. The molecule has 2 aromatic carbocycles. The first-order chi connectivity index (χ1) is 11.5. The Labute approximate surface area is 145 Å². The van der Waals surface area contributed by atoms with E-state index >= 15 is 0 Å². The summed E-state index contributed by atoms with van der Waals surface area (Å²) in [5, 5.41) is 0.871. The molecule has 0 saturated heterocycles. The largest absolute Gasteiger partial charge is 0.331 e. The number of carbonyl (C=O) groups is 1. The molecule has 0 bridgehead atoms. The summed E-state index contributed by atoms with van der Waals surface area (Å²) in [6, 6.07) is 12.8. The first-order valence-corrected chi connectivity index (χ1v) is 8.14. The van der Waals surface area contributed by atoms with Crippen molar-refractivity contribution < 1.29 is 4.79 Å². The molecule has 0 radical (unpaired) electrons. The summed E-state index contributed by atoms with van der Waals surface area (Å²) in [6.45, 7) is 1.52. The van der Waals surface area contributed by atoms with Gasteiger partial charge in [-0.2, -0.15) is 0 Å². The van der Waals surface area contributed by atoms with Crippen molar-refractivity contribution in [3.63, 3.8) is 0 Å². The minimum atomic E-state index is -0.241. The van der Waals surface area contributed by atoms with Crippen LogP contribution in [-0.2, 0) is 0 Å². The number of carbonyl (C=O) groups excluding carboxylic acids is 1. The Morgan fingerprint density at radius 2 is 1.92 bits per heavy atom. The summed E-state index contributed by atoms with van der Waals surface area (Å²) in [4.78, 5) is 31.2. The zero-order valence-corrected chi connectivity index (χ0v) is 14.3. The minimum absolute atomic E-state index is 0.00796. The Hall–Kier alpha value is -2.73. The Kier molecular flexibility index (Phi) is 3.35. The molecule has 24 heavy (non-hydrogen) atoms. The third-order valence-electron chi connectivity index (χ3n) is 4.00. The van der Waals surface area contributed by atoms with E-state index in [4.69, 9.17) is 0 Å². The molecule has 2 heterocycles. The van der Waals surface area contributed by atoms with Crippen LogP contribution in [0, 0.1) is 0 Å². The molecule has 6 heteroatoms. The van der Waals surface area contributed by atoms with Gasteiger partial charge in [0.15, 0.2) is 5.78 Å². The van der Waals surface area contributed by atoms with E-state index in [1.54, 1.807) is 35.0 Å². The molecule has 0 fully saturated rings. The van der Waals surface area contributed by atoms with Gasteiger partial charge in [-0.05, 0) is 49.4 Å². The average Bonchev–Trinajstić information content (AvgIpc) is 2.91. The number of H-pyrrole nitrogens is 1. The van der Waals surface area contributed by atoms with Gasteiger partial charge < -0.3 is 4.98 Å². The van der Waals surface area contributed by atoms with Gasteiger partial charge in [-0.25, -0.2) is 4.79 Å². The van der Waals surface area contributed by atoms with Gasteiger partial charge in [-0.3, -0.25) is 14.3 Å². The van der Waals surface area contributed by atoms with Crippen LogP contribution in [0.15, 0.2) is 57.9 Å². The standard InChI is InChI=1S/C18H12BrN3O2/c1-10(23)11-2-5-13(6-3-11)22-17-14-8-12(19)4-7-15(14)20-9-16(17)21-18(22)24/h2-9H,1H3,(H,21,24). The number of nitrogens with one attached hydrogen (secondary N) is 1. The zero-order chi connectivity index (χ0) is 16.8. The smallest absolute Gasteiger partial charge is 0.304 e. The molecule has 0 aliphatic heterocycles. The maximum Gasteiger partial charge on any atom is 0.331 e. The van der Waals surface area contributed by atoms with Crippen molar-refractivity contribution in [3.8, 4) is 5.69 Å². The molecular weight excluding hydrogens is 370 g/mol. The molecule has 1 N–H and O–H groups in total. The van der Waals surface area contributed by atoms with Crippen molar-refractivity contribution >= 4 is 43.6 Å². The molecule has 5 nitrogen and oxygen atoms in total. The molecule has 4 rings (SSSR count). The lowest BCUT2D eigenvalue weighted by Gasteiger charge is -2.07. The summed E-state index contributed by atoms with van der Waals surface area (Å²) in [5.41, 5.74) is 3.31. The summed E-state index contributed by atoms with van der Waals surface area (Å²) < 4.78 is 2.52. The van der Waals surface area contributed by atoms with Gasteiger partial charge in [-0.1, -0.05) is 15.9 Å². The maximum absolute atomic E-state index is 12.5. The van der Waals surface area contributed by atoms with Crippen molar-refractivity contribution in [1.82, 2.24) is 14.5 Å². The molecule has 0 atom stereocenters. The molecule has 0 aliphatic carbocycles. The summed E-state index contributed by atoms with van der Waals surface area (Å²) in [5.74, 6) is -0.00796. The number of halogens is 1. The zero-order valence-electron chi connectivity index (χ0n) is 12.7. The number of fused-ring (bicyclic) bond motifs is 3. The Balaban J connectivity index is 2.07. The van der Waals surface area contributed by atoms with Crippen LogP contribution in [0.1, 0.15) is 17.3 Å². The number of ketones is 1. The van der Waals surface area contributed by atoms with Crippen molar-refractivity contribution in [1.29, 1.82) is 0 Å². The number of benzene rings is 2. The highest BCUT2D eigenvalue weighted by Crippen LogP contribution is 2.26. The number of Topliss-reactive ketones (excluding diaryl/α,β-unsaturated/α-hetero) is 1. The van der Waals surface area contributed by atoms with Crippen molar-refractivity contribution in [3.05, 3.63) is 69.2 Å². The van der Waals surface area contributed by atoms with Crippen LogP contribution in [0.25, 0.3) is 27.6 Å². The molecule has 0 saturated carbocycles. The highest BCUT2D eigenvalue weighted by molar-refractivity contribution is 9.10. The molecule has 0 unspecified atom stereocenters. The number of aromatic nitrogens is 3. The SMILES string of the molecule is CC(=O)c1ccc(-n2c(=O)[nH]c3cnc4ccc(Br)cc4c32)cc1. The number of nitrogens with zero attached hydrogens (tertiary/aromatic N) is 2. The molecule has 0 spiro atoms. The van der Waals surface area contributed by atoms with Gasteiger partial charge in [0.2, 0.25) is 0 Å². The predicted molar refractivity (Wildman–Crippen MR) is 96.9 cm³/mol. The summed E-state index contributed by atoms with van der Waals surface area (Å²) in [6.07, 6.45) is 1.66. The van der Waals surface area contributed by atoms with Gasteiger partial charge in [0.1, 0.15) is 0 Å². The number of aromatic amines is 1. The van der Waals surface area contributed by atoms with Gasteiger partial charge in [0, 0.05) is 15.4 Å². The third-order valence-corrected chi connectivity index (χ3v) is 4.50. The lowest BCUT2D eigenvalue weighted by atomic mass is 10.1. The van der Waals surface area contributed by atoms with Crippen LogP contribution in [0.5, 0.6) is 0 Å². The fourth-order valence-electron chi connectivity index (χ4n) is 2.85. The van der Waals surface area contributed by atoms with E-state index in [2.05, 4.69) is 25.9 Å². The number of hydrogen-bond donors (Lipinski definition) is 1. The second kappa shape index (κ2) is 5.42. The van der Waals surface area contributed by atoms with Crippen LogP contribution in [-0.4, -0.2) is 20.3 Å². The Morgan fingerprint density at radius 1 is 1.17 bits per heavy atom. The topological polar surface area (TPSA) is 67.8 Å². The molecule has 2 aromatic heterocycles. The lowest BCUT2D eigenvalue weighted by Crippen LogP contribution is -2.14. The molecule has 4 aromatic rings. The first kappa shape index (κ1) is 14.8. The first-order valence-electron chi connectivity index (χ1n) is 7.35. The Bertz CT molecular complexity index is 1160. The van der Waals surface area contributed by atoms with Crippen LogP contribution in [0.4, 0.5) is 0 Å². The molecule has 0 aliphatic rings. The summed E-state index contributed by atoms with van der Waals surface area (Å²) >= 11 is 3.47. The lowest BCUT2D eigenvalue weighted by molar-refractivity contribution is 0.101. The van der Waals surface area contributed by atoms with Crippen LogP contribution in [0.2, 0.25) is 0 Å². The van der Waals surface area contributed by atoms with E-state index < -0.39 is 0 Å². The van der Waals surface area contributed by atoms with Crippen LogP contribution >= 0.6 is 15.9 Å². The quantitative estimate of drug-likeness (QED) is 0.536. The van der Waals surface area contributed by atoms with Gasteiger partial charge in [0.05, 0.1) is 28.4 Å². The van der Waals surface area contributed by atoms with E-state index in [1.165, 1.54) is 6.92 Å². The fraction of sp³-hybridized carbons (Fsp3) is 0.0556. The molecular formula is C18H12BrN3O2.